The first-order chi connectivity index (χ1) is 7.83. The summed E-state index contributed by atoms with van der Waals surface area (Å²) in [6, 6.07) is 1.45. The summed E-state index contributed by atoms with van der Waals surface area (Å²) < 4.78 is 83.0. The highest BCUT2D eigenvalue weighted by Crippen LogP contribution is 2.23. The van der Waals surface area contributed by atoms with E-state index >= 15 is 0 Å². The molecule has 0 atom stereocenters. The minimum atomic E-state index is -5.03. The van der Waals surface area contributed by atoms with Crippen LogP contribution in [0.4, 0.5) is 0 Å². The Bertz CT molecular complexity index is 789. The van der Waals surface area contributed by atoms with Gasteiger partial charge in [-0.2, -0.15) is 16.8 Å². The van der Waals surface area contributed by atoms with Gasteiger partial charge in [0.05, 0.1) is 4.90 Å². The Morgan fingerprint density at radius 1 is 0.833 bits per heavy atom. The van der Waals surface area contributed by atoms with Crippen LogP contribution in [0.15, 0.2) is 32.9 Å². The van der Waals surface area contributed by atoms with Crippen LogP contribution in [0.5, 0.6) is 0 Å². The predicted octanol–water partition coefficient (Wildman–Crippen LogP) is -1.17. The Kier molecular flexibility index (Phi) is 3.55. The standard InChI is InChI=1S/C6H7NO8S3/c7-16(8,9)5-2-1-4(17(10,11)12)3-6(5)18(13,14)15/h1-3H,(H2,7,8,9)(H,10,11,12)(H,13,14,15). The SMILES string of the molecule is NS(=O)(=O)c1ccc(S(=O)(=O)O)cc1S(=O)(=O)O. The molecule has 102 valence electrons. The number of sulfonamides is 1. The molecule has 0 fully saturated rings. The molecular weight excluding hydrogens is 310 g/mol. The van der Waals surface area contributed by atoms with Crippen molar-refractivity contribution < 1.29 is 34.4 Å². The van der Waals surface area contributed by atoms with Crippen molar-refractivity contribution in [2.24, 2.45) is 5.14 Å². The van der Waals surface area contributed by atoms with Crippen molar-refractivity contribution in [2.75, 3.05) is 0 Å². The Balaban J connectivity index is 3.83. The lowest BCUT2D eigenvalue weighted by Crippen LogP contribution is -2.17. The second-order valence-corrected chi connectivity index (χ2v) is 7.45. The quantitative estimate of drug-likeness (QED) is 0.585. The topological polar surface area (TPSA) is 169 Å². The van der Waals surface area contributed by atoms with Crippen molar-refractivity contribution >= 4 is 30.3 Å². The van der Waals surface area contributed by atoms with Crippen LogP contribution in [-0.4, -0.2) is 34.4 Å². The number of rotatable bonds is 3. The normalized spacial score (nSPS) is 13.5. The van der Waals surface area contributed by atoms with E-state index in [1.165, 1.54) is 0 Å². The molecule has 0 saturated carbocycles. The zero-order valence-electron chi connectivity index (χ0n) is 8.38. The highest BCUT2D eigenvalue weighted by Gasteiger charge is 2.25. The van der Waals surface area contributed by atoms with Crippen LogP contribution < -0.4 is 5.14 Å². The largest absolute Gasteiger partial charge is 0.295 e. The molecule has 0 radical (unpaired) electrons. The summed E-state index contributed by atoms with van der Waals surface area (Å²) in [5.41, 5.74) is 0. The molecule has 0 aliphatic carbocycles. The number of nitrogens with two attached hydrogens (primary N) is 1. The van der Waals surface area contributed by atoms with E-state index in [-0.39, 0.29) is 6.07 Å². The first-order valence-corrected chi connectivity index (χ1v) is 8.38. The molecule has 4 N–H and O–H groups in total. The highest BCUT2D eigenvalue weighted by atomic mass is 32.2. The van der Waals surface area contributed by atoms with Crippen molar-refractivity contribution in [3.05, 3.63) is 18.2 Å². The summed E-state index contributed by atoms with van der Waals surface area (Å²) in [4.78, 5) is -3.12. The predicted molar refractivity (Wildman–Crippen MR) is 57.4 cm³/mol. The molecule has 0 bridgehead atoms. The van der Waals surface area contributed by atoms with Crippen LogP contribution in [0.1, 0.15) is 0 Å². The van der Waals surface area contributed by atoms with Gasteiger partial charge >= 0.3 is 0 Å². The molecule has 0 unspecified atom stereocenters. The molecule has 1 aromatic rings. The molecule has 0 spiro atoms. The maximum atomic E-state index is 11.1. The fourth-order valence-electron chi connectivity index (χ4n) is 1.09. The number of primary sulfonamides is 1. The van der Waals surface area contributed by atoms with Gasteiger partial charge in [0.15, 0.2) is 0 Å². The van der Waals surface area contributed by atoms with Crippen LogP contribution in [-0.2, 0) is 30.3 Å². The lowest BCUT2D eigenvalue weighted by Gasteiger charge is -2.06. The molecule has 0 aromatic heterocycles. The van der Waals surface area contributed by atoms with Crippen molar-refractivity contribution in [1.29, 1.82) is 0 Å². The monoisotopic (exact) mass is 317 g/mol. The number of hydrogen-bond donors (Lipinski definition) is 3. The minimum absolute atomic E-state index is 0.282. The molecular formula is C6H7NO8S3. The van der Waals surface area contributed by atoms with Crippen LogP contribution in [0, 0.1) is 0 Å². The molecule has 9 nitrogen and oxygen atoms in total. The summed E-state index contributed by atoms with van der Waals surface area (Å²) in [5.74, 6) is 0. The van der Waals surface area contributed by atoms with Crippen LogP contribution >= 0.6 is 0 Å². The second kappa shape index (κ2) is 4.25. The average Bonchev–Trinajstić information content (AvgIpc) is 2.12. The van der Waals surface area contributed by atoms with Gasteiger partial charge in [-0.05, 0) is 18.2 Å². The molecule has 18 heavy (non-hydrogen) atoms. The average molecular weight is 317 g/mol. The van der Waals surface area contributed by atoms with Gasteiger partial charge in [0.2, 0.25) is 10.0 Å². The van der Waals surface area contributed by atoms with Gasteiger partial charge in [0, 0.05) is 0 Å². The molecule has 0 heterocycles. The van der Waals surface area contributed by atoms with E-state index in [0.29, 0.717) is 12.1 Å². The van der Waals surface area contributed by atoms with E-state index in [4.69, 9.17) is 14.2 Å². The van der Waals surface area contributed by atoms with Gasteiger partial charge in [-0.25, -0.2) is 13.6 Å². The molecule has 1 aromatic carbocycles. The van der Waals surface area contributed by atoms with E-state index in [9.17, 15) is 25.3 Å². The smallest absolute Gasteiger partial charge is 0.282 e. The zero-order valence-corrected chi connectivity index (χ0v) is 10.8. The summed E-state index contributed by atoms with van der Waals surface area (Å²) >= 11 is 0. The van der Waals surface area contributed by atoms with Crippen molar-refractivity contribution in [3.8, 4) is 0 Å². The summed E-state index contributed by atoms with van der Waals surface area (Å²) in [5, 5.41) is 4.70. The fourth-order valence-corrected chi connectivity index (χ4v) is 3.53. The van der Waals surface area contributed by atoms with Crippen molar-refractivity contribution in [3.63, 3.8) is 0 Å². The van der Waals surface area contributed by atoms with Crippen LogP contribution in [0.2, 0.25) is 0 Å². The third kappa shape index (κ3) is 3.24. The van der Waals surface area contributed by atoms with Gasteiger partial charge in [0.25, 0.3) is 20.2 Å². The fraction of sp³-hybridized carbons (Fsp3) is 0. The van der Waals surface area contributed by atoms with Gasteiger partial charge < -0.3 is 0 Å². The van der Waals surface area contributed by atoms with Gasteiger partial charge in [0.1, 0.15) is 9.79 Å². The van der Waals surface area contributed by atoms with Crippen molar-refractivity contribution in [2.45, 2.75) is 14.7 Å². The molecule has 12 heteroatoms. The Morgan fingerprint density at radius 2 is 1.33 bits per heavy atom. The third-order valence-electron chi connectivity index (χ3n) is 1.80. The molecule has 0 aliphatic rings. The maximum absolute atomic E-state index is 11.1. The summed E-state index contributed by atoms with van der Waals surface area (Å²) in [6.07, 6.45) is 0. The van der Waals surface area contributed by atoms with E-state index in [1.807, 2.05) is 0 Å². The van der Waals surface area contributed by atoms with E-state index < -0.39 is 44.9 Å². The maximum Gasteiger partial charge on any atom is 0.295 e. The minimum Gasteiger partial charge on any atom is -0.282 e. The first kappa shape index (κ1) is 15.0. The molecule has 1 rings (SSSR count). The van der Waals surface area contributed by atoms with Crippen LogP contribution in [0.25, 0.3) is 0 Å². The Morgan fingerprint density at radius 3 is 1.67 bits per heavy atom. The van der Waals surface area contributed by atoms with Crippen molar-refractivity contribution in [1.82, 2.24) is 0 Å². The highest BCUT2D eigenvalue weighted by molar-refractivity contribution is 7.91. The van der Waals surface area contributed by atoms with E-state index in [2.05, 4.69) is 0 Å². The van der Waals surface area contributed by atoms with E-state index in [1.54, 1.807) is 0 Å². The van der Waals surface area contributed by atoms with Gasteiger partial charge in [-0.3, -0.25) is 9.11 Å². The lowest BCUT2D eigenvalue weighted by molar-refractivity contribution is 0.478. The van der Waals surface area contributed by atoms with Gasteiger partial charge in [-0.15, -0.1) is 0 Å². The molecule has 0 amide bonds. The zero-order chi connectivity index (χ0) is 14.4. The Labute approximate surface area is 103 Å². The lowest BCUT2D eigenvalue weighted by atomic mass is 10.4. The Hall–Kier alpha value is -1.05. The summed E-state index contributed by atoms with van der Waals surface area (Å²) in [6.45, 7) is 0. The van der Waals surface area contributed by atoms with Gasteiger partial charge in [-0.1, -0.05) is 0 Å². The summed E-state index contributed by atoms with van der Waals surface area (Å²) in [7, 11) is -14.3. The number of hydrogen-bond acceptors (Lipinski definition) is 6. The third-order valence-corrected chi connectivity index (χ3v) is 4.64. The van der Waals surface area contributed by atoms with E-state index in [0.717, 1.165) is 0 Å². The molecule has 0 aliphatic heterocycles. The number of benzene rings is 1. The first-order valence-electron chi connectivity index (χ1n) is 3.95. The second-order valence-electron chi connectivity index (χ2n) is 3.10. The molecule has 0 saturated heterocycles. The van der Waals surface area contributed by atoms with Crippen LogP contribution in [0.3, 0.4) is 0 Å².